The van der Waals surface area contributed by atoms with E-state index in [1.54, 1.807) is 30.6 Å². The summed E-state index contributed by atoms with van der Waals surface area (Å²) in [7, 11) is -3.71. The van der Waals surface area contributed by atoms with Crippen LogP contribution in [0.2, 0.25) is 0 Å². The molecule has 4 rings (SSSR count). The second-order valence-corrected chi connectivity index (χ2v) is 7.30. The van der Waals surface area contributed by atoms with Gasteiger partial charge >= 0.3 is 0 Å². The van der Waals surface area contributed by atoms with Crippen molar-refractivity contribution in [2.75, 3.05) is 11.3 Å². The van der Waals surface area contributed by atoms with Crippen molar-refractivity contribution in [3.05, 3.63) is 78.5 Å². The third-order valence-corrected chi connectivity index (χ3v) is 5.25. The van der Waals surface area contributed by atoms with Gasteiger partial charge in [0.05, 0.1) is 24.8 Å². The smallest absolute Gasteiger partial charge is 0.278 e. The molecule has 0 atom stereocenters. The highest BCUT2D eigenvalue weighted by atomic mass is 32.2. The molecular formula is C18H15N5O2S. The molecule has 0 spiro atoms. The number of aliphatic imine (C=N–C) groups is 1. The Hall–Kier alpha value is -3.26. The first kappa shape index (κ1) is 16.2. The first-order valence-corrected chi connectivity index (χ1v) is 9.39. The van der Waals surface area contributed by atoms with E-state index in [1.807, 2.05) is 24.3 Å². The molecule has 2 aromatic heterocycles. The summed E-state index contributed by atoms with van der Waals surface area (Å²) >= 11 is 0. The van der Waals surface area contributed by atoms with E-state index in [4.69, 9.17) is 0 Å². The summed E-state index contributed by atoms with van der Waals surface area (Å²) < 4.78 is 27.3. The van der Waals surface area contributed by atoms with E-state index in [1.165, 1.54) is 12.5 Å². The Balaban J connectivity index is 1.64. The lowest BCUT2D eigenvalue weighted by atomic mass is 9.97. The van der Waals surface area contributed by atoms with Crippen LogP contribution in [-0.2, 0) is 10.0 Å². The molecule has 7 nitrogen and oxygen atoms in total. The van der Waals surface area contributed by atoms with Gasteiger partial charge in [0.1, 0.15) is 0 Å². The number of nitrogens with one attached hydrogen (secondary N) is 2. The topological polar surface area (TPSA) is 100 Å². The Kier molecular flexibility index (Phi) is 4.10. The number of benzene rings is 1. The molecule has 0 saturated heterocycles. The van der Waals surface area contributed by atoms with Crippen LogP contribution >= 0.6 is 0 Å². The first-order chi connectivity index (χ1) is 12.6. The molecule has 0 radical (unpaired) electrons. The minimum Gasteiger partial charge on any atom is -0.334 e. The van der Waals surface area contributed by atoms with E-state index in [0.717, 1.165) is 22.4 Å². The van der Waals surface area contributed by atoms with Crippen LogP contribution in [0, 0.1) is 0 Å². The molecule has 3 aromatic rings. The molecule has 0 unspecified atom stereocenters. The second-order valence-electron chi connectivity index (χ2n) is 5.65. The van der Waals surface area contributed by atoms with Crippen LogP contribution in [0.1, 0.15) is 11.1 Å². The average molecular weight is 365 g/mol. The summed E-state index contributed by atoms with van der Waals surface area (Å²) in [5.74, 6) is 0. The number of aromatic nitrogens is 3. The van der Waals surface area contributed by atoms with Crippen molar-refractivity contribution < 1.29 is 8.42 Å². The number of rotatable bonds is 5. The molecule has 130 valence electrons. The zero-order valence-corrected chi connectivity index (χ0v) is 14.4. The number of anilines is 1. The molecule has 0 saturated carbocycles. The Labute approximate surface area is 150 Å². The highest BCUT2D eigenvalue weighted by molar-refractivity contribution is 7.92. The maximum Gasteiger partial charge on any atom is 0.278 e. The fourth-order valence-corrected chi connectivity index (χ4v) is 3.73. The lowest BCUT2D eigenvalue weighted by molar-refractivity contribution is 0.598. The summed E-state index contributed by atoms with van der Waals surface area (Å²) in [6.07, 6.45) is 8.11. The predicted octanol–water partition coefficient (Wildman–Crippen LogP) is 2.49. The van der Waals surface area contributed by atoms with Crippen molar-refractivity contribution >= 4 is 27.0 Å². The van der Waals surface area contributed by atoms with Crippen molar-refractivity contribution in [2.45, 2.75) is 5.03 Å². The molecule has 0 aliphatic carbocycles. The monoisotopic (exact) mass is 365 g/mol. The molecule has 1 aromatic carbocycles. The number of hydrogen-bond acceptors (Lipinski definition) is 5. The van der Waals surface area contributed by atoms with Gasteiger partial charge in [0, 0.05) is 29.2 Å². The van der Waals surface area contributed by atoms with Gasteiger partial charge in [-0.3, -0.25) is 14.7 Å². The minimum absolute atomic E-state index is 0.0125. The number of imidazole rings is 1. The number of sulfonamides is 1. The molecule has 3 heterocycles. The summed E-state index contributed by atoms with van der Waals surface area (Å²) in [6.45, 7) is 0.594. The normalized spacial score (nSPS) is 14.0. The predicted molar refractivity (Wildman–Crippen MR) is 99.5 cm³/mol. The number of H-pyrrole nitrogens is 1. The fraction of sp³-hybridized carbons (Fsp3) is 0.0556. The molecule has 1 aliphatic heterocycles. The summed E-state index contributed by atoms with van der Waals surface area (Å²) in [6, 6.07) is 11.0. The van der Waals surface area contributed by atoms with Crippen LogP contribution in [0.3, 0.4) is 0 Å². The van der Waals surface area contributed by atoms with Gasteiger partial charge in [-0.05, 0) is 29.8 Å². The number of pyridine rings is 1. The van der Waals surface area contributed by atoms with Crippen molar-refractivity contribution in [1.82, 2.24) is 15.0 Å². The fourth-order valence-electron chi connectivity index (χ4n) is 2.77. The lowest BCUT2D eigenvalue weighted by Crippen LogP contribution is -2.13. The van der Waals surface area contributed by atoms with Crippen LogP contribution in [0.25, 0.3) is 5.57 Å². The van der Waals surface area contributed by atoms with Gasteiger partial charge in [-0.1, -0.05) is 18.2 Å². The maximum atomic E-state index is 12.4. The first-order valence-electron chi connectivity index (χ1n) is 7.90. The second kappa shape index (κ2) is 6.57. The largest absolute Gasteiger partial charge is 0.334 e. The Bertz CT molecular complexity index is 1090. The molecule has 8 heteroatoms. The van der Waals surface area contributed by atoms with Crippen LogP contribution in [0.5, 0.6) is 0 Å². The third kappa shape index (κ3) is 3.14. The zero-order valence-electron chi connectivity index (χ0n) is 13.6. The molecule has 0 fully saturated rings. The standard InChI is InChI=1S/C18H15N5O2S/c24-26(25,17-11-20-12-22-17)23-15-3-1-2-14(10-15)18-16(6-9-21-18)13-4-7-19-8-5-13/h1-8,10-12,23H,9H2,(H,20,22). The van der Waals surface area contributed by atoms with Gasteiger partial charge in [0.15, 0.2) is 5.03 Å². The number of aromatic amines is 1. The average Bonchev–Trinajstić information content (AvgIpc) is 3.34. The highest BCUT2D eigenvalue weighted by Gasteiger charge is 2.19. The van der Waals surface area contributed by atoms with Crippen LogP contribution in [-0.4, -0.2) is 35.6 Å². The van der Waals surface area contributed by atoms with Gasteiger partial charge in [0.25, 0.3) is 10.0 Å². The minimum atomic E-state index is -3.71. The quantitative estimate of drug-likeness (QED) is 0.725. The van der Waals surface area contributed by atoms with E-state index in [2.05, 4.69) is 24.7 Å². The molecule has 26 heavy (non-hydrogen) atoms. The summed E-state index contributed by atoms with van der Waals surface area (Å²) in [5, 5.41) is 0.0125. The molecule has 1 aliphatic rings. The van der Waals surface area contributed by atoms with E-state index in [0.29, 0.717) is 12.2 Å². The number of hydrogen-bond donors (Lipinski definition) is 2. The lowest BCUT2D eigenvalue weighted by Gasteiger charge is -2.11. The summed E-state index contributed by atoms with van der Waals surface area (Å²) in [4.78, 5) is 14.9. The van der Waals surface area contributed by atoms with Gasteiger partial charge in [-0.15, -0.1) is 0 Å². The van der Waals surface area contributed by atoms with Crippen molar-refractivity contribution in [3.63, 3.8) is 0 Å². The van der Waals surface area contributed by atoms with E-state index in [-0.39, 0.29) is 5.03 Å². The van der Waals surface area contributed by atoms with Gasteiger partial charge in [-0.25, -0.2) is 4.98 Å². The van der Waals surface area contributed by atoms with Crippen LogP contribution in [0.4, 0.5) is 5.69 Å². The van der Waals surface area contributed by atoms with Crippen molar-refractivity contribution in [1.29, 1.82) is 0 Å². The van der Waals surface area contributed by atoms with E-state index in [9.17, 15) is 8.42 Å². The third-order valence-electron chi connectivity index (χ3n) is 3.94. The summed E-state index contributed by atoms with van der Waals surface area (Å²) in [5.41, 5.74) is 4.18. The molecule has 2 N–H and O–H groups in total. The molecular weight excluding hydrogens is 350 g/mol. The van der Waals surface area contributed by atoms with Crippen molar-refractivity contribution in [3.8, 4) is 0 Å². The van der Waals surface area contributed by atoms with Gasteiger partial charge in [0.2, 0.25) is 0 Å². The molecule has 0 amide bonds. The Morgan fingerprint density at radius 3 is 2.65 bits per heavy atom. The highest BCUT2D eigenvalue weighted by Crippen LogP contribution is 2.26. The van der Waals surface area contributed by atoms with E-state index < -0.39 is 10.0 Å². The Morgan fingerprint density at radius 2 is 1.88 bits per heavy atom. The van der Waals surface area contributed by atoms with Crippen LogP contribution < -0.4 is 4.72 Å². The SMILES string of the molecule is O=S(=O)(Nc1cccc(C2=NCC=C2c2ccncc2)c1)c1cnc[nH]1. The maximum absolute atomic E-state index is 12.4. The molecule has 0 bridgehead atoms. The Morgan fingerprint density at radius 1 is 1.04 bits per heavy atom. The van der Waals surface area contributed by atoms with Crippen LogP contribution in [0.15, 0.2) is 77.4 Å². The zero-order chi connectivity index (χ0) is 18.0. The van der Waals surface area contributed by atoms with E-state index >= 15 is 0 Å². The number of nitrogens with zero attached hydrogens (tertiary/aromatic N) is 3. The number of allylic oxidation sites excluding steroid dienone is 1. The van der Waals surface area contributed by atoms with Gasteiger partial charge in [-0.2, -0.15) is 8.42 Å². The van der Waals surface area contributed by atoms with Gasteiger partial charge < -0.3 is 4.98 Å². The van der Waals surface area contributed by atoms with Crippen molar-refractivity contribution in [2.24, 2.45) is 4.99 Å².